The van der Waals surface area contributed by atoms with Crippen LogP contribution in [0.5, 0.6) is 0 Å². The molecule has 0 fully saturated rings. The zero-order chi connectivity index (χ0) is 55.0. The van der Waals surface area contributed by atoms with Gasteiger partial charge in [0.25, 0.3) is 0 Å². The van der Waals surface area contributed by atoms with Crippen LogP contribution in [-0.2, 0) is 28.6 Å². The molecule has 76 heavy (non-hydrogen) atoms. The molecule has 0 amide bonds. The highest BCUT2D eigenvalue weighted by molar-refractivity contribution is 5.72. The average Bonchev–Trinajstić information content (AvgIpc) is 3.42. The van der Waals surface area contributed by atoms with Crippen molar-refractivity contribution in [3.63, 3.8) is 0 Å². The number of unbranched alkanes of at least 4 members (excludes halogenated alkanes) is 32. The summed E-state index contributed by atoms with van der Waals surface area (Å²) in [6, 6.07) is 0. The summed E-state index contributed by atoms with van der Waals surface area (Å²) in [6.07, 6.45) is 86.1. The van der Waals surface area contributed by atoms with Gasteiger partial charge in [-0.15, -0.1) is 0 Å². The van der Waals surface area contributed by atoms with Gasteiger partial charge < -0.3 is 14.2 Å². The van der Waals surface area contributed by atoms with E-state index in [1.54, 1.807) is 6.08 Å². The summed E-state index contributed by atoms with van der Waals surface area (Å²) in [5.74, 6) is -1.06. The number of esters is 3. The van der Waals surface area contributed by atoms with Crippen molar-refractivity contribution >= 4 is 17.9 Å². The van der Waals surface area contributed by atoms with Crippen LogP contribution in [0.15, 0.2) is 97.2 Å². The van der Waals surface area contributed by atoms with Crippen LogP contribution >= 0.6 is 0 Å². The lowest BCUT2D eigenvalue weighted by Gasteiger charge is -2.18. The van der Waals surface area contributed by atoms with E-state index in [1.807, 2.05) is 6.08 Å². The minimum atomic E-state index is -0.840. The molecule has 0 aliphatic rings. The normalized spacial score (nSPS) is 12.7. The van der Waals surface area contributed by atoms with Crippen molar-refractivity contribution in [1.82, 2.24) is 0 Å². The number of rotatable bonds is 58. The van der Waals surface area contributed by atoms with Crippen LogP contribution in [0, 0.1) is 0 Å². The van der Waals surface area contributed by atoms with E-state index in [0.29, 0.717) is 12.8 Å². The van der Waals surface area contributed by atoms with E-state index in [2.05, 4.69) is 106 Å². The fraction of sp³-hybridized carbons (Fsp3) is 0.729. The molecule has 0 N–H and O–H groups in total. The Kier molecular flexibility index (Phi) is 60.8. The SMILES string of the molecule is CC/C=C\C/C=C\C/C=C\C/C=C\C/C=C\CC(=O)OC(COC(=O)CCCCCCC/C=C\C/C=C\C/C=C\CC)COC(=O)CCCCCCCCCCCCCCCCCCCCCCCCCCCCCC. The highest BCUT2D eigenvalue weighted by atomic mass is 16.6. The lowest BCUT2D eigenvalue weighted by atomic mass is 10.0. The third kappa shape index (κ3) is 61.2. The molecule has 0 aromatic carbocycles. The molecule has 0 aromatic rings. The van der Waals surface area contributed by atoms with Crippen LogP contribution in [0.4, 0.5) is 0 Å². The van der Waals surface area contributed by atoms with E-state index < -0.39 is 12.1 Å². The largest absolute Gasteiger partial charge is 0.462 e. The molecule has 0 saturated carbocycles. The molecule has 436 valence electrons. The maximum Gasteiger partial charge on any atom is 0.310 e. The Bertz CT molecular complexity index is 1490. The second kappa shape index (κ2) is 63.9. The van der Waals surface area contributed by atoms with Gasteiger partial charge in [-0.1, -0.05) is 311 Å². The molecule has 0 aromatic heterocycles. The van der Waals surface area contributed by atoms with Gasteiger partial charge in [0.1, 0.15) is 13.2 Å². The first-order valence-corrected chi connectivity index (χ1v) is 32.2. The smallest absolute Gasteiger partial charge is 0.310 e. The third-order valence-corrected chi connectivity index (χ3v) is 13.9. The van der Waals surface area contributed by atoms with E-state index in [-0.39, 0.29) is 31.6 Å². The van der Waals surface area contributed by atoms with E-state index in [1.165, 1.54) is 161 Å². The molecule has 0 saturated heterocycles. The van der Waals surface area contributed by atoms with Gasteiger partial charge in [0.2, 0.25) is 0 Å². The van der Waals surface area contributed by atoms with Crippen LogP contribution in [0.25, 0.3) is 0 Å². The quantitative estimate of drug-likeness (QED) is 0.0261. The summed E-state index contributed by atoms with van der Waals surface area (Å²) in [6.45, 7) is 6.35. The van der Waals surface area contributed by atoms with Gasteiger partial charge in [-0.25, -0.2) is 0 Å². The highest BCUT2D eigenvalue weighted by Crippen LogP contribution is 2.17. The van der Waals surface area contributed by atoms with Crippen molar-refractivity contribution in [2.24, 2.45) is 0 Å². The Morgan fingerprint density at radius 3 is 0.868 bits per heavy atom. The second-order valence-corrected chi connectivity index (χ2v) is 21.3. The van der Waals surface area contributed by atoms with Crippen molar-refractivity contribution in [3.8, 4) is 0 Å². The van der Waals surface area contributed by atoms with E-state index in [4.69, 9.17) is 14.2 Å². The van der Waals surface area contributed by atoms with Crippen molar-refractivity contribution < 1.29 is 28.6 Å². The Hall–Kier alpha value is -3.67. The fourth-order valence-electron chi connectivity index (χ4n) is 9.12. The molecule has 0 aliphatic carbocycles. The predicted octanol–water partition coefficient (Wildman–Crippen LogP) is 22.0. The summed E-state index contributed by atoms with van der Waals surface area (Å²) in [5.41, 5.74) is 0. The Labute approximate surface area is 470 Å². The Morgan fingerprint density at radius 1 is 0.289 bits per heavy atom. The average molecular weight is 1060 g/mol. The summed E-state index contributed by atoms with van der Waals surface area (Å²) in [7, 11) is 0. The van der Waals surface area contributed by atoms with Crippen molar-refractivity contribution in [1.29, 1.82) is 0 Å². The molecule has 0 spiro atoms. The highest BCUT2D eigenvalue weighted by Gasteiger charge is 2.19. The second-order valence-electron chi connectivity index (χ2n) is 21.3. The third-order valence-electron chi connectivity index (χ3n) is 13.9. The van der Waals surface area contributed by atoms with Gasteiger partial charge in [-0.3, -0.25) is 14.4 Å². The summed E-state index contributed by atoms with van der Waals surface area (Å²) >= 11 is 0. The topological polar surface area (TPSA) is 78.9 Å². The summed E-state index contributed by atoms with van der Waals surface area (Å²) < 4.78 is 16.8. The number of allylic oxidation sites excluding steroid dienone is 15. The zero-order valence-corrected chi connectivity index (χ0v) is 50.0. The predicted molar refractivity (Wildman–Crippen MR) is 330 cm³/mol. The van der Waals surface area contributed by atoms with Crippen LogP contribution in [0.2, 0.25) is 0 Å². The molecule has 0 bridgehead atoms. The number of ether oxygens (including phenoxy) is 3. The summed E-state index contributed by atoms with van der Waals surface area (Å²) in [5, 5.41) is 0. The molecule has 1 unspecified atom stereocenters. The fourth-order valence-corrected chi connectivity index (χ4v) is 9.12. The lowest BCUT2D eigenvalue weighted by Crippen LogP contribution is -2.30. The van der Waals surface area contributed by atoms with Gasteiger partial charge in [0.05, 0.1) is 6.42 Å². The Balaban J connectivity index is 4.29. The maximum absolute atomic E-state index is 12.8. The molecule has 0 aliphatic heterocycles. The number of hydrogen-bond donors (Lipinski definition) is 0. The standard InChI is InChI=1S/C70H120O6/c1-4-7-10-13-16-19-22-25-28-29-30-31-32-33-34-35-36-37-38-39-40-43-45-48-51-54-57-60-63-69(72)75-66-67(76-70(73)64-61-58-55-52-49-46-42-27-24-21-18-15-12-9-6-3)65-74-68(71)62-59-56-53-50-47-44-41-26-23-20-17-14-11-8-5-2/h8-9,11-12,17-18,20-21,26-27,41-42,49,52,58,61,67H,4-7,10,13-16,19,22-25,28-40,43-48,50-51,53-57,59-60,62-66H2,1-3H3/b11-8-,12-9-,20-17-,21-18-,41-26-,42-27-,52-49-,61-58-. The van der Waals surface area contributed by atoms with Crippen LogP contribution < -0.4 is 0 Å². The molecular weight excluding hydrogens is 937 g/mol. The van der Waals surface area contributed by atoms with E-state index >= 15 is 0 Å². The van der Waals surface area contributed by atoms with Crippen molar-refractivity contribution in [3.05, 3.63) is 97.2 Å². The molecule has 0 heterocycles. The first-order chi connectivity index (χ1) is 37.5. The molecule has 0 rings (SSSR count). The Morgan fingerprint density at radius 2 is 0.553 bits per heavy atom. The molecule has 0 radical (unpaired) electrons. The summed E-state index contributed by atoms with van der Waals surface area (Å²) in [4.78, 5) is 38.2. The van der Waals surface area contributed by atoms with Crippen molar-refractivity contribution in [2.75, 3.05) is 13.2 Å². The monoisotopic (exact) mass is 1060 g/mol. The van der Waals surface area contributed by atoms with Crippen LogP contribution in [0.1, 0.15) is 310 Å². The molecule has 6 nitrogen and oxygen atoms in total. The van der Waals surface area contributed by atoms with Crippen LogP contribution in [-0.4, -0.2) is 37.2 Å². The lowest BCUT2D eigenvalue weighted by molar-refractivity contribution is -0.166. The van der Waals surface area contributed by atoms with Gasteiger partial charge in [0, 0.05) is 12.8 Å². The molecule has 6 heteroatoms. The molecular formula is C70H120O6. The number of carbonyl (C=O) groups is 3. The van der Waals surface area contributed by atoms with Gasteiger partial charge in [-0.2, -0.15) is 0 Å². The molecule has 1 atom stereocenters. The van der Waals surface area contributed by atoms with Crippen LogP contribution in [0.3, 0.4) is 0 Å². The van der Waals surface area contributed by atoms with Gasteiger partial charge >= 0.3 is 17.9 Å². The first kappa shape index (κ1) is 72.3. The zero-order valence-electron chi connectivity index (χ0n) is 50.0. The number of hydrogen-bond acceptors (Lipinski definition) is 6. The maximum atomic E-state index is 12.8. The van der Waals surface area contributed by atoms with Crippen molar-refractivity contribution in [2.45, 2.75) is 316 Å². The van der Waals surface area contributed by atoms with Gasteiger partial charge in [0.15, 0.2) is 6.10 Å². The van der Waals surface area contributed by atoms with Gasteiger partial charge in [-0.05, 0) is 77.0 Å². The van der Waals surface area contributed by atoms with E-state index in [9.17, 15) is 14.4 Å². The minimum Gasteiger partial charge on any atom is -0.462 e. The number of carbonyl (C=O) groups excluding carboxylic acids is 3. The van der Waals surface area contributed by atoms with E-state index in [0.717, 1.165) is 109 Å². The first-order valence-electron chi connectivity index (χ1n) is 32.2. The minimum absolute atomic E-state index is 0.0926.